The number of nitrogens with zero attached hydrogens (tertiary/aromatic N) is 2. The van der Waals surface area contributed by atoms with Gasteiger partial charge in [0.25, 0.3) is 0 Å². The molecule has 1 heterocycles. The van der Waals surface area contributed by atoms with Gasteiger partial charge in [0, 0.05) is 24.6 Å². The van der Waals surface area contributed by atoms with E-state index < -0.39 is 0 Å². The molecule has 0 amide bonds. The van der Waals surface area contributed by atoms with Crippen molar-refractivity contribution in [3.8, 4) is 0 Å². The topological polar surface area (TPSA) is 73.1 Å². The van der Waals surface area contributed by atoms with Crippen LogP contribution < -0.4 is 11.1 Å². The van der Waals surface area contributed by atoms with Crippen LogP contribution in [0.15, 0.2) is 6.07 Å². The van der Waals surface area contributed by atoms with Crippen LogP contribution >= 0.6 is 0 Å². The van der Waals surface area contributed by atoms with Crippen molar-refractivity contribution in [2.24, 2.45) is 0 Å². The Morgan fingerprint density at radius 2 is 2.06 bits per heavy atom. The van der Waals surface area contributed by atoms with Crippen LogP contribution in [0.3, 0.4) is 0 Å². The SMILES string of the molecule is CCOCC(C)Nc1cc(N)nc(C(C)C)n1. The van der Waals surface area contributed by atoms with E-state index in [-0.39, 0.29) is 12.0 Å². The fourth-order valence-corrected chi connectivity index (χ4v) is 1.41. The molecule has 0 aromatic carbocycles. The maximum atomic E-state index is 5.75. The summed E-state index contributed by atoms with van der Waals surface area (Å²) in [6, 6.07) is 1.94. The second-order valence-electron chi connectivity index (χ2n) is 4.40. The number of hydrogen-bond donors (Lipinski definition) is 2. The zero-order chi connectivity index (χ0) is 12.8. The molecule has 3 N–H and O–H groups in total. The Labute approximate surface area is 103 Å². The summed E-state index contributed by atoms with van der Waals surface area (Å²) in [6.07, 6.45) is 0. The molecule has 0 aliphatic rings. The van der Waals surface area contributed by atoms with Crippen molar-refractivity contribution < 1.29 is 4.74 Å². The van der Waals surface area contributed by atoms with Gasteiger partial charge in [0.05, 0.1) is 6.61 Å². The van der Waals surface area contributed by atoms with E-state index in [2.05, 4.69) is 15.3 Å². The Balaban J connectivity index is 2.70. The van der Waals surface area contributed by atoms with Crippen molar-refractivity contribution in [2.75, 3.05) is 24.3 Å². The van der Waals surface area contributed by atoms with Crippen LogP contribution in [-0.4, -0.2) is 29.2 Å². The molecule has 17 heavy (non-hydrogen) atoms. The molecule has 0 bridgehead atoms. The smallest absolute Gasteiger partial charge is 0.135 e. The van der Waals surface area contributed by atoms with Crippen molar-refractivity contribution >= 4 is 11.6 Å². The summed E-state index contributed by atoms with van der Waals surface area (Å²) in [6.45, 7) is 9.48. The monoisotopic (exact) mass is 238 g/mol. The average molecular weight is 238 g/mol. The molecule has 5 nitrogen and oxygen atoms in total. The first-order chi connectivity index (χ1) is 8.02. The third kappa shape index (κ3) is 4.56. The average Bonchev–Trinajstić information content (AvgIpc) is 2.25. The zero-order valence-electron chi connectivity index (χ0n) is 11.0. The summed E-state index contributed by atoms with van der Waals surface area (Å²) < 4.78 is 5.34. The van der Waals surface area contributed by atoms with Crippen molar-refractivity contribution in [2.45, 2.75) is 39.7 Å². The molecule has 0 spiro atoms. The number of ether oxygens (including phenoxy) is 1. The molecular formula is C12H22N4O. The molecule has 1 aromatic rings. The molecule has 96 valence electrons. The van der Waals surface area contributed by atoms with E-state index in [1.165, 1.54) is 0 Å². The minimum atomic E-state index is 0.198. The van der Waals surface area contributed by atoms with Crippen LogP contribution in [0.5, 0.6) is 0 Å². The van der Waals surface area contributed by atoms with Gasteiger partial charge in [0.2, 0.25) is 0 Å². The summed E-state index contributed by atoms with van der Waals surface area (Å²) in [4.78, 5) is 8.62. The summed E-state index contributed by atoms with van der Waals surface area (Å²) in [5, 5.41) is 3.26. The van der Waals surface area contributed by atoms with E-state index in [0.29, 0.717) is 12.4 Å². The Hall–Kier alpha value is -1.36. The number of hydrogen-bond acceptors (Lipinski definition) is 5. The first kappa shape index (κ1) is 13.7. The lowest BCUT2D eigenvalue weighted by molar-refractivity contribution is 0.141. The molecule has 0 saturated carbocycles. The highest BCUT2D eigenvalue weighted by atomic mass is 16.5. The van der Waals surface area contributed by atoms with Crippen molar-refractivity contribution in [1.82, 2.24) is 9.97 Å². The van der Waals surface area contributed by atoms with Crippen molar-refractivity contribution in [3.05, 3.63) is 11.9 Å². The van der Waals surface area contributed by atoms with Crippen LogP contribution in [0, 0.1) is 0 Å². The second kappa shape index (κ2) is 6.39. The normalized spacial score (nSPS) is 12.8. The molecule has 0 saturated heterocycles. The van der Waals surface area contributed by atoms with Gasteiger partial charge in [-0.25, -0.2) is 9.97 Å². The molecule has 0 radical (unpaired) electrons. The summed E-state index contributed by atoms with van der Waals surface area (Å²) >= 11 is 0. The summed E-state index contributed by atoms with van der Waals surface area (Å²) in [5.74, 6) is 2.28. The first-order valence-corrected chi connectivity index (χ1v) is 6.01. The highest BCUT2D eigenvalue weighted by Gasteiger charge is 2.08. The number of rotatable bonds is 6. The second-order valence-corrected chi connectivity index (χ2v) is 4.40. The molecule has 1 aromatic heterocycles. The lowest BCUT2D eigenvalue weighted by atomic mass is 10.2. The standard InChI is InChI=1S/C12H22N4O/c1-5-17-7-9(4)14-11-6-10(13)15-12(16-11)8(2)3/h6,8-9H,5,7H2,1-4H3,(H3,13,14,15,16). The first-order valence-electron chi connectivity index (χ1n) is 6.01. The lowest BCUT2D eigenvalue weighted by Gasteiger charge is -2.15. The Morgan fingerprint density at radius 1 is 1.35 bits per heavy atom. The molecule has 0 fully saturated rings. The van der Waals surface area contributed by atoms with Crippen molar-refractivity contribution in [3.63, 3.8) is 0 Å². The number of aromatic nitrogens is 2. The molecular weight excluding hydrogens is 216 g/mol. The summed E-state index contributed by atoms with van der Waals surface area (Å²) in [5.41, 5.74) is 5.75. The highest BCUT2D eigenvalue weighted by molar-refractivity contribution is 5.45. The number of nitrogens with two attached hydrogens (primary N) is 1. The fourth-order valence-electron chi connectivity index (χ4n) is 1.41. The van der Waals surface area contributed by atoms with Crippen LogP contribution in [0.1, 0.15) is 39.4 Å². The van der Waals surface area contributed by atoms with Crippen molar-refractivity contribution in [1.29, 1.82) is 0 Å². The van der Waals surface area contributed by atoms with Gasteiger partial charge in [-0.3, -0.25) is 0 Å². The molecule has 5 heteroatoms. The van der Waals surface area contributed by atoms with E-state index in [0.717, 1.165) is 18.2 Å². The van der Waals surface area contributed by atoms with Crippen LogP contribution in [0.25, 0.3) is 0 Å². The van der Waals surface area contributed by atoms with E-state index in [1.54, 1.807) is 6.07 Å². The van der Waals surface area contributed by atoms with Gasteiger partial charge in [-0.15, -0.1) is 0 Å². The number of nitrogen functional groups attached to an aromatic ring is 1. The molecule has 1 unspecified atom stereocenters. The number of nitrogens with one attached hydrogen (secondary N) is 1. The molecule has 0 aliphatic heterocycles. The third-order valence-corrected chi connectivity index (χ3v) is 2.25. The van der Waals surface area contributed by atoms with Gasteiger partial charge in [-0.1, -0.05) is 13.8 Å². The predicted octanol–water partition coefficient (Wildman–Crippen LogP) is 2.02. The van der Waals surface area contributed by atoms with Gasteiger partial charge >= 0.3 is 0 Å². The van der Waals surface area contributed by atoms with E-state index in [4.69, 9.17) is 10.5 Å². The summed E-state index contributed by atoms with van der Waals surface area (Å²) in [7, 11) is 0. The van der Waals surface area contributed by atoms with Gasteiger partial charge in [-0.2, -0.15) is 0 Å². The quantitative estimate of drug-likeness (QED) is 0.793. The number of anilines is 2. The van der Waals surface area contributed by atoms with Crippen LogP contribution in [-0.2, 0) is 4.74 Å². The molecule has 1 atom stereocenters. The van der Waals surface area contributed by atoms with Gasteiger partial charge < -0.3 is 15.8 Å². The Morgan fingerprint density at radius 3 is 2.65 bits per heavy atom. The maximum absolute atomic E-state index is 5.75. The predicted molar refractivity (Wildman–Crippen MR) is 70.1 cm³/mol. The van der Waals surface area contributed by atoms with Crippen LogP contribution in [0.2, 0.25) is 0 Å². The minimum Gasteiger partial charge on any atom is -0.384 e. The Kier molecular flexibility index (Phi) is 5.15. The zero-order valence-corrected chi connectivity index (χ0v) is 11.0. The van der Waals surface area contributed by atoms with Gasteiger partial charge in [0.15, 0.2) is 0 Å². The largest absolute Gasteiger partial charge is 0.384 e. The maximum Gasteiger partial charge on any atom is 0.135 e. The minimum absolute atomic E-state index is 0.198. The van der Waals surface area contributed by atoms with E-state index >= 15 is 0 Å². The molecule has 1 rings (SSSR count). The van der Waals surface area contributed by atoms with E-state index in [1.807, 2.05) is 27.7 Å². The molecule has 0 aliphatic carbocycles. The van der Waals surface area contributed by atoms with Crippen LogP contribution in [0.4, 0.5) is 11.6 Å². The third-order valence-electron chi connectivity index (χ3n) is 2.25. The van der Waals surface area contributed by atoms with Gasteiger partial charge in [-0.05, 0) is 13.8 Å². The van der Waals surface area contributed by atoms with Gasteiger partial charge in [0.1, 0.15) is 17.5 Å². The fraction of sp³-hybridized carbons (Fsp3) is 0.667. The lowest BCUT2D eigenvalue weighted by Crippen LogP contribution is -2.23. The Bertz CT molecular complexity index is 354. The highest BCUT2D eigenvalue weighted by Crippen LogP contribution is 2.15. The van der Waals surface area contributed by atoms with E-state index in [9.17, 15) is 0 Å².